The molecular formula is C15H29F3N2. The Balaban J connectivity index is 2.42. The van der Waals surface area contributed by atoms with Gasteiger partial charge < -0.3 is 10.2 Å². The zero-order valence-electron chi connectivity index (χ0n) is 12.8. The van der Waals surface area contributed by atoms with Crippen molar-refractivity contribution in [1.82, 2.24) is 10.2 Å². The first kappa shape index (κ1) is 17.8. The summed E-state index contributed by atoms with van der Waals surface area (Å²) in [6.45, 7) is 4.04. The van der Waals surface area contributed by atoms with Gasteiger partial charge in [0.15, 0.2) is 0 Å². The van der Waals surface area contributed by atoms with Gasteiger partial charge in [-0.05, 0) is 38.8 Å². The van der Waals surface area contributed by atoms with E-state index in [9.17, 15) is 13.2 Å². The second kappa shape index (κ2) is 8.88. The maximum Gasteiger partial charge on any atom is 0.390 e. The molecule has 1 aliphatic rings. The molecule has 0 aliphatic heterocycles. The Bertz CT molecular complexity index is 256. The zero-order chi connectivity index (χ0) is 15.0. The fourth-order valence-electron chi connectivity index (χ4n) is 3.01. The quantitative estimate of drug-likeness (QED) is 0.718. The molecule has 0 aromatic rings. The molecular weight excluding hydrogens is 265 g/mol. The number of hydrogen-bond donors (Lipinski definition) is 1. The van der Waals surface area contributed by atoms with Crippen molar-refractivity contribution in [3.05, 3.63) is 0 Å². The molecule has 1 fully saturated rings. The van der Waals surface area contributed by atoms with Gasteiger partial charge in [0.25, 0.3) is 0 Å². The third kappa shape index (κ3) is 7.48. The molecule has 120 valence electrons. The van der Waals surface area contributed by atoms with Gasteiger partial charge in [-0.3, -0.25) is 0 Å². The summed E-state index contributed by atoms with van der Waals surface area (Å²) in [5.74, 6) is 0.488. The van der Waals surface area contributed by atoms with Crippen molar-refractivity contribution in [2.75, 3.05) is 26.7 Å². The van der Waals surface area contributed by atoms with Crippen LogP contribution in [0.1, 0.15) is 51.9 Å². The van der Waals surface area contributed by atoms with Crippen LogP contribution in [0, 0.1) is 5.92 Å². The Morgan fingerprint density at radius 3 is 2.50 bits per heavy atom. The summed E-state index contributed by atoms with van der Waals surface area (Å²) >= 11 is 0. The highest BCUT2D eigenvalue weighted by Crippen LogP contribution is 2.25. The van der Waals surface area contributed by atoms with E-state index in [0.717, 1.165) is 32.4 Å². The molecule has 0 bridgehead atoms. The largest absolute Gasteiger partial charge is 0.390 e. The Morgan fingerprint density at radius 1 is 1.15 bits per heavy atom. The van der Waals surface area contributed by atoms with E-state index in [1.165, 1.54) is 19.3 Å². The van der Waals surface area contributed by atoms with Gasteiger partial charge >= 0.3 is 6.18 Å². The second-order valence-electron chi connectivity index (χ2n) is 6.09. The van der Waals surface area contributed by atoms with E-state index in [1.807, 2.05) is 11.9 Å². The van der Waals surface area contributed by atoms with Gasteiger partial charge in [0.1, 0.15) is 0 Å². The molecule has 0 saturated heterocycles. The van der Waals surface area contributed by atoms with Crippen molar-refractivity contribution in [2.45, 2.75) is 64.1 Å². The normalized spacial score (nSPS) is 24.9. The Hall–Kier alpha value is -0.290. The lowest BCUT2D eigenvalue weighted by atomic mass is 9.94. The number of hydrogen-bond acceptors (Lipinski definition) is 2. The van der Waals surface area contributed by atoms with Gasteiger partial charge in [-0.2, -0.15) is 13.2 Å². The molecule has 2 unspecified atom stereocenters. The molecule has 1 aliphatic carbocycles. The maximum absolute atomic E-state index is 12.3. The summed E-state index contributed by atoms with van der Waals surface area (Å²) in [5, 5.41) is 3.59. The molecule has 0 heterocycles. The van der Waals surface area contributed by atoms with E-state index in [1.54, 1.807) is 0 Å². The zero-order valence-corrected chi connectivity index (χ0v) is 12.8. The molecule has 0 aromatic carbocycles. The van der Waals surface area contributed by atoms with Crippen molar-refractivity contribution in [3.8, 4) is 0 Å². The summed E-state index contributed by atoms with van der Waals surface area (Å²) in [7, 11) is 1.81. The van der Waals surface area contributed by atoms with Gasteiger partial charge in [-0.25, -0.2) is 0 Å². The maximum atomic E-state index is 12.3. The Kier molecular flexibility index (Phi) is 7.88. The molecule has 0 amide bonds. The highest BCUT2D eigenvalue weighted by Gasteiger charge is 2.29. The number of nitrogens with one attached hydrogen (secondary N) is 1. The summed E-state index contributed by atoms with van der Waals surface area (Å²) in [5.41, 5.74) is 0. The topological polar surface area (TPSA) is 15.3 Å². The first-order valence-corrected chi connectivity index (χ1v) is 7.91. The lowest BCUT2D eigenvalue weighted by molar-refractivity contribution is -0.137. The summed E-state index contributed by atoms with van der Waals surface area (Å²) in [6, 6.07) is 0.478. The van der Waals surface area contributed by atoms with Crippen LogP contribution in [-0.4, -0.2) is 43.8 Å². The van der Waals surface area contributed by atoms with Crippen LogP contribution >= 0.6 is 0 Å². The van der Waals surface area contributed by atoms with Crippen LogP contribution in [0.15, 0.2) is 0 Å². The molecule has 1 rings (SSSR count). The molecule has 0 aromatic heterocycles. The van der Waals surface area contributed by atoms with Crippen LogP contribution < -0.4 is 5.32 Å². The Morgan fingerprint density at radius 2 is 1.85 bits per heavy atom. The summed E-state index contributed by atoms with van der Waals surface area (Å²) in [6.07, 6.45) is 2.36. The smallest absolute Gasteiger partial charge is 0.314 e. The average molecular weight is 294 g/mol. The highest BCUT2D eigenvalue weighted by molar-refractivity contribution is 4.81. The van der Waals surface area contributed by atoms with Crippen LogP contribution in [0.3, 0.4) is 0 Å². The third-order valence-electron chi connectivity index (χ3n) is 4.14. The van der Waals surface area contributed by atoms with Crippen LogP contribution in [-0.2, 0) is 0 Å². The van der Waals surface area contributed by atoms with Gasteiger partial charge in [-0.15, -0.1) is 0 Å². The molecule has 2 nitrogen and oxygen atoms in total. The van der Waals surface area contributed by atoms with Gasteiger partial charge in [0.2, 0.25) is 0 Å². The first-order valence-electron chi connectivity index (χ1n) is 7.91. The molecule has 2 atom stereocenters. The first-order chi connectivity index (χ1) is 9.42. The van der Waals surface area contributed by atoms with Crippen molar-refractivity contribution < 1.29 is 13.2 Å². The summed E-state index contributed by atoms with van der Waals surface area (Å²) < 4.78 is 36.8. The fraction of sp³-hybridized carbons (Fsp3) is 1.00. The molecule has 5 heteroatoms. The van der Waals surface area contributed by atoms with Gasteiger partial charge in [0, 0.05) is 19.1 Å². The number of rotatable bonds is 7. The van der Waals surface area contributed by atoms with E-state index < -0.39 is 12.6 Å². The van der Waals surface area contributed by atoms with E-state index in [2.05, 4.69) is 12.2 Å². The van der Waals surface area contributed by atoms with E-state index in [0.29, 0.717) is 12.0 Å². The van der Waals surface area contributed by atoms with Gasteiger partial charge in [-0.1, -0.05) is 26.2 Å². The molecule has 0 radical (unpaired) electrons. The number of alkyl halides is 3. The van der Waals surface area contributed by atoms with Crippen molar-refractivity contribution in [1.29, 1.82) is 0 Å². The highest BCUT2D eigenvalue weighted by atomic mass is 19.4. The minimum Gasteiger partial charge on any atom is -0.314 e. The third-order valence-corrected chi connectivity index (χ3v) is 4.14. The SMILES string of the molecule is CCCNC1CCCCCC1CN(C)CCC(F)(F)F. The molecule has 1 N–H and O–H groups in total. The molecule has 1 saturated carbocycles. The van der Waals surface area contributed by atoms with Crippen molar-refractivity contribution in [3.63, 3.8) is 0 Å². The van der Waals surface area contributed by atoms with Crippen LogP contribution in [0.25, 0.3) is 0 Å². The number of halogens is 3. The lowest BCUT2D eigenvalue weighted by Crippen LogP contribution is -2.42. The number of nitrogens with zero attached hydrogens (tertiary/aromatic N) is 1. The van der Waals surface area contributed by atoms with Crippen LogP contribution in [0.5, 0.6) is 0 Å². The van der Waals surface area contributed by atoms with E-state index >= 15 is 0 Å². The standard InChI is InChI=1S/C15H29F3N2/c1-3-10-19-14-8-6-4-5-7-13(14)12-20(2)11-9-15(16,17)18/h13-14,19H,3-12H2,1-2H3. The van der Waals surface area contributed by atoms with Gasteiger partial charge in [0.05, 0.1) is 6.42 Å². The fourth-order valence-corrected chi connectivity index (χ4v) is 3.01. The van der Waals surface area contributed by atoms with Crippen LogP contribution in [0.4, 0.5) is 13.2 Å². The minimum absolute atomic E-state index is 0.112. The summed E-state index contributed by atoms with van der Waals surface area (Å²) in [4.78, 5) is 1.85. The Labute approximate surface area is 121 Å². The monoisotopic (exact) mass is 294 g/mol. The molecule has 20 heavy (non-hydrogen) atoms. The van der Waals surface area contributed by atoms with E-state index in [4.69, 9.17) is 0 Å². The van der Waals surface area contributed by atoms with Crippen molar-refractivity contribution in [2.24, 2.45) is 5.92 Å². The average Bonchev–Trinajstić information content (AvgIpc) is 2.58. The molecule has 0 spiro atoms. The van der Waals surface area contributed by atoms with E-state index in [-0.39, 0.29) is 6.54 Å². The predicted octanol–water partition coefficient (Wildman–Crippen LogP) is 3.82. The lowest BCUT2D eigenvalue weighted by Gasteiger charge is -2.30. The second-order valence-corrected chi connectivity index (χ2v) is 6.09. The van der Waals surface area contributed by atoms with Crippen LogP contribution in [0.2, 0.25) is 0 Å². The predicted molar refractivity (Wildman–Crippen MR) is 76.8 cm³/mol. The minimum atomic E-state index is -4.04. The van der Waals surface area contributed by atoms with Crippen molar-refractivity contribution >= 4 is 0 Å².